The van der Waals surface area contributed by atoms with E-state index in [2.05, 4.69) is 0 Å². The minimum absolute atomic E-state index is 0.00894. The number of ether oxygens (including phenoxy) is 1. The molecule has 0 unspecified atom stereocenters. The van der Waals surface area contributed by atoms with Crippen LogP contribution in [0.15, 0.2) is 64.0 Å². The predicted molar refractivity (Wildman–Crippen MR) is 125 cm³/mol. The quantitative estimate of drug-likeness (QED) is 0.232. The average Bonchev–Trinajstić information content (AvgIpc) is 3.35. The van der Waals surface area contributed by atoms with Gasteiger partial charge in [-0.3, -0.25) is 9.36 Å². The number of methoxy groups -OCH3 is 1. The van der Waals surface area contributed by atoms with Crippen molar-refractivity contribution in [1.82, 2.24) is 4.57 Å². The number of benzene rings is 2. The summed E-state index contributed by atoms with van der Waals surface area (Å²) in [6, 6.07) is 8.41. The highest BCUT2D eigenvalue weighted by Gasteiger charge is 2.37. The molecule has 0 aliphatic rings. The number of halogens is 8. The van der Waals surface area contributed by atoms with Gasteiger partial charge in [0.2, 0.25) is 0 Å². The lowest BCUT2D eigenvalue weighted by molar-refractivity contribution is -0.139. The second kappa shape index (κ2) is 10.6. The van der Waals surface area contributed by atoms with Crippen LogP contribution in [0.1, 0.15) is 27.8 Å². The minimum Gasteiger partial charge on any atom is -0.462 e. The summed E-state index contributed by atoms with van der Waals surface area (Å²) in [7, 11) is 1.22. The normalized spacial score (nSPS) is 12.0. The van der Waals surface area contributed by atoms with Crippen molar-refractivity contribution < 1.29 is 44.3 Å². The summed E-state index contributed by atoms with van der Waals surface area (Å²) in [6.45, 7) is -1.05. The summed E-state index contributed by atoms with van der Waals surface area (Å²) in [5.74, 6) is -2.43. The van der Waals surface area contributed by atoms with E-state index in [1.54, 1.807) is 0 Å². The maximum absolute atomic E-state index is 14.4. The average molecular weight is 568 g/mol. The number of hydrogen-bond acceptors (Lipinski definition) is 4. The van der Waals surface area contributed by atoms with Gasteiger partial charge in [0.15, 0.2) is 5.76 Å². The Labute approximate surface area is 220 Å². The minimum atomic E-state index is -5.15. The molecule has 0 fully saturated rings. The largest absolute Gasteiger partial charge is 0.462 e. The molecule has 0 saturated carbocycles. The number of nitriles is 1. The lowest BCUT2D eigenvalue weighted by atomic mass is 10.00. The summed E-state index contributed by atoms with van der Waals surface area (Å²) < 4.78 is 121. The zero-order valence-corrected chi connectivity index (χ0v) is 20.3. The summed E-state index contributed by atoms with van der Waals surface area (Å²) in [5.41, 5.74) is -6.27. The number of rotatable bonds is 6. The number of pyridine rings is 1. The molecule has 2 heterocycles. The standard InChI is InChI=1S/C27H16F8N2O3/c1-39-12-16-3-2-14(6-20(16)26(30,31)32)17-7-24(40-13-17)23-9-21(27(33,34)35)19(10-36)25(38)37(23)11-15-4-5-18(28)8-22(15)29/h2-9,13H,11-12H2,1H3. The molecule has 0 bridgehead atoms. The lowest BCUT2D eigenvalue weighted by Crippen LogP contribution is -2.29. The first kappa shape index (κ1) is 28.6. The van der Waals surface area contributed by atoms with Crippen LogP contribution in [0.25, 0.3) is 22.6 Å². The van der Waals surface area contributed by atoms with Crippen LogP contribution in [0, 0.1) is 23.0 Å². The smallest absolute Gasteiger partial charge is 0.417 e. The maximum Gasteiger partial charge on any atom is 0.417 e. The van der Waals surface area contributed by atoms with E-state index in [0.29, 0.717) is 16.7 Å². The fraction of sp³-hybridized carbons (Fsp3) is 0.185. The SMILES string of the molecule is COCc1ccc(-c2coc(-c3cc(C(F)(F)F)c(C#N)c(=O)n3Cc3ccc(F)cc3F)c2)cc1C(F)(F)F. The Morgan fingerprint density at radius 3 is 2.17 bits per heavy atom. The van der Waals surface area contributed by atoms with Gasteiger partial charge in [-0.25, -0.2) is 8.78 Å². The first-order valence-corrected chi connectivity index (χ1v) is 11.2. The van der Waals surface area contributed by atoms with Gasteiger partial charge in [0, 0.05) is 24.3 Å². The molecule has 0 aliphatic carbocycles. The van der Waals surface area contributed by atoms with E-state index in [-0.39, 0.29) is 34.6 Å². The van der Waals surface area contributed by atoms with Crippen molar-refractivity contribution in [1.29, 1.82) is 5.26 Å². The Bertz CT molecular complexity index is 1680. The number of hydrogen-bond donors (Lipinski definition) is 0. The highest BCUT2D eigenvalue weighted by molar-refractivity contribution is 5.70. The molecular weight excluding hydrogens is 552 g/mol. The number of furan rings is 1. The van der Waals surface area contributed by atoms with Crippen LogP contribution in [0.2, 0.25) is 0 Å². The first-order valence-electron chi connectivity index (χ1n) is 11.2. The van der Waals surface area contributed by atoms with E-state index in [4.69, 9.17) is 9.15 Å². The van der Waals surface area contributed by atoms with Gasteiger partial charge in [-0.1, -0.05) is 18.2 Å². The maximum atomic E-state index is 14.4. The van der Waals surface area contributed by atoms with Crippen molar-refractivity contribution in [3.63, 3.8) is 0 Å². The molecule has 0 spiro atoms. The molecule has 2 aromatic carbocycles. The van der Waals surface area contributed by atoms with Gasteiger partial charge in [-0.15, -0.1) is 0 Å². The summed E-state index contributed by atoms with van der Waals surface area (Å²) in [5, 5.41) is 9.30. The van der Waals surface area contributed by atoms with Crippen LogP contribution in [-0.2, 0) is 30.2 Å². The Balaban J connectivity index is 1.91. The van der Waals surface area contributed by atoms with Crippen molar-refractivity contribution in [3.05, 3.63) is 105 Å². The molecule has 4 aromatic rings. The third-order valence-corrected chi connectivity index (χ3v) is 5.96. The molecule has 0 saturated heterocycles. The number of aromatic nitrogens is 1. The van der Waals surface area contributed by atoms with Gasteiger partial charge >= 0.3 is 12.4 Å². The molecule has 0 aliphatic heterocycles. The Morgan fingerprint density at radius 1 is 0.900 bits per heavy atom. The topological polar surface area (TPSA) is 68.2 Å². The van der Waals surface area contributed by atoms with E-state index in [1.807, 2.05) is 0 Å². The van der Waals surface area contributed by atoms with E-state index in [0.717, 1.165) is 30.5 Å². The second-order valence-corrected chi connectivity index (χ2v) is 8.56. The zero-order valence-electron chi connectivity index (χ0n) is 20.3. The van der Waals surface area contributed by atoms with E-state index >= 15 is 0 Å². The van der Waals surface area contributed by atoms with Crippen molar-refractivity contribution >= 4 is 0 Å². The predicted octanol–water partition coefficient (Wildman–Crippen LogP) is 7.16. The van der Waals surface area contributed by atoms with Crippen LogP contribution in [-0.4, -0.2) is 11.7 Å². The fourth-order valence-electron chi connectivity index (χ4n) is 4.08. The molecule has 0 amide bonds. The molecule has 0 radical (unpaired) electrons. The third-order valence-electron chi connectivity index (χ3n) is 5.96. The van der Waals surface area contributed by atoms with Crippen molar-refractivity contribution in [2.75, 3.05) is 7.11 Å². The van der Waals surface area contributed by atoms with Gasteiger partial charge in [0.05, 0.1) is 36.2 Å². The molecule has 5 nitrogen and oxygen atoms in total. The number of nitrogens with zero attached hydrogens (tertiary/aromatic N) is 2. The second-order valence-electron chi connectivity index (χ2n) is 8.56. The fourth-order valence-corrected chi connectivity index (χ4v) is 4.08. The summed E-state index contributed by atoms with van der Waals surface area (Å²) in [4.78, 5) is 13.0. The monoisotopic (exact) mass is 568 g/mol. The molecule has 4 rings (SSSR count). The Morgan fingerprint density at radius 2 is 1.57 bits per heavy atom. The Hall–Kier alpha value is -4.44. The highest BCUT2D eigenvalue weighted by Crippen LogP contribution is 2.38. The molecule has 0 N–H and O–H groups in total. The molecule has 40 heavy (non-hydrogen) atoms. The third kappa shape index (κ3) is 5.62. The Kier molecular flexibility index (Phi) is 7.58. The van der Waals surface area contributed by atoms with E-state index < -0.39 is 58.5 Å². The van der Waals surface area contributed by atoms with Crippen molar-refractivity contribution in [3.8, 4) is 28.7 Å². The van der Waals surface area contributed by atoms with Gasteiger partial charge in [0.1, 0.15) is 23.3 Å². The van der Waals surface area contributed by atoms with Crippen LogP contribution in [0.4, 0.5) is 35.1 Å². The van der Waals surface area contributed by atoms with Gasteiger partial charge in [0.25, 0.3) is 5.56 Å². The van der Waals surface area contributed by atoms with Gasteiger partial charge < -0.3 is 9.15 Å². The summed E-state index contributed by atoms with van der Waals surface area (Å²) in [6.07, 6.45) is -8.92. The number of alkyl halides is 6. The van der Waals surface area contributed by atoms with Crippen molar-refractivity contribution in [2.45, 2.75) is 25.5 Å². The van der Waals surface area contributed by atoms with E-state index in [9.17, 15) is 45.2 Å². The molecule has 0 atom stereocenters. The zero-order chi connectivity index (χ0) is 29.4. The van der Waals surface area contributed by atoms with Crippen molar-refractivity contribution in [2.24, 2.45) is 0 Å². The van der Waals surface area contributed by atoms with E-state index in [1.165, 1.54) is 25.3 Å². The molecular formula is C27H16F8N2O3. The molecule has 2 aromatic heterocycles. The van der Waals surface area contributed by atoms with Gasteiger partial charge in [-0.05, 0) is 35.4 Å². The molecule has 208 valence electrons. The first-order chi connectivity index (χ1) is 18.7. The van der Waals surface area contributed by atoms with Crippen LogP contribution in [0.5, 0.6) is 0 Å². The lowest BCUT2D eigenvalue weighted by Gasteiger charge is -2.16. The highest BCUT2D eigenvalue weighted by atomic mass is 19.4. The van der Waals surface area contributed by atoms with Crippen LogP contribution in [0.3, 0.4) is 0 Å². The van der Waals surface area contributed by atoms with Crippen LogP contribution >= 0.6 is 0 Å². The molecule has 13 heteroatoms. The van der Waals surface area contributed by atoms with Gasteiger partial charge in [-0.2, -0.15) is 31.6 Å². The summed E-state index contributed by atoms with van der Waals surface area (Å²) >= 11 is 0. The van der Waals surface area contributed by atoms with Crippen LogP contribution < -0.4 is 5.56 Å².